The van der Waals surface area contributed by atoms with Gasteiger partial charge in [0.15, 0.2) is 0 Å². The predicted molar refractivity (Wildman–Crippen MR) is 36.9 cm³/mol. The van der Waals surface area contributed by atoms with E-state index in [1.54, 1.807) is 0 Å². The molecule has 0 aromatic rings. The first kappa shape index (κ1) is 8.43. The summed E-state index contributed by atoms with van der Waals surface area (Å²) in [7, 11) is 3.87. The number of hydrogen-bond acceptors (Lipinski definition) is 2. The fraction of sp³-hybridized carbons (Fsp3) is 0.667. The van der Waals surface area contributed by atoms with Crippen LogP contribution in [0.2, 0.25) is 0 Å². The van der Waals surface area contributed by atoms with Crippen LogP contribution in [0.25, 0.3) is 0 Å². The Morgan fingerprint density at radius 2 is 2.33 bits per heavy atom. The van der Waals surface area contributed by atoms with Gasteiger partial charge in [-0.1, -0.05) is 0 Å². The quantitative estimate of drug-likeness (QED) is 0.519. The summed E-state index contributed by atoms with van der Waals surface area (Å²) in [5.74, 6) is 0. The second-order valence-corrected chi connectivity index (χ2v) is 2.24. The van der Waals surface area contributed by atoms with E-state index in [2.05, 4.69) is 12.2 Å². The Hall–Kier alpha value is -0.570. The molecule has 1 atom stereocenters. The SMILES string of the molecule is [CH2]C(CN(C)C)NC=O. The minimum absolute atomic E-state index is 0.00231. The highest BCUT2D eigenvalue weighted by Gasteiger charge is 1.98. The topological polar surface area (TPSA) is 32.3 Å². The number of rotatable bonds is 4. The zero-order chi connectivity index (χ0) is 7.28. The predicted octanol–water partition coefficient (Wildman–Crippen LogP) is -0.503. The van der Waals surface area contributed by atoms with Crippen molar-refractivity contribution in [3.63, 3.8) is 0 Å². The van der Waals surface area contributed by atoms with Crippen LogP contribution in [0, 0.1) is 6.92 Å². The number of amides is 1. The Kier molecular flexibility index (Phi) is 4.05. The van der Waals surface area contributed by atoms with Crippen molar-refractivity contribution in [1.82, 2.24) is 10.2 Å². The third-order valence-electron chi connectivity index (χ3n) is 0.889. The minimum Gasteiger partial charge on any atom is -0.355 e. The zero-order valence-corrected chi connectivity index (χ0v) is 5.92. The molecule has 1 unspecified atom stereocenters. The largest absolute Gasteiger partial charge is 0.355 e. The van der Waals surface area contributed by atoms with Crippen molar-refractivity contribution >= 4 is 6.41 Å². The van der Waals surface area contributed by atoms with Gasteiger partial charge >= 0.3 is 0 Å². The van der Waals surface area contributed by atoms with E-state index in [0.717, 1.165) is 6.54 Å². The van der Waals surface area contributed by atoms with Gasteiger partial charge < -0.3 is 10.2 Å². The minimum atomic E-state index is -0.00231. The van der Waals surface area contributed by atoms with E-state index in [-0.39, 0.29) is 6.04 Å². The van der Waals surface area contributed by atoms with Crippen LogP contribution >= 0.6 is 0 Å². The van der Waals surface area contributed by atoms with E-state index < -0.39 is 0 Å². The number of likely N-dealkylation sites (N-methyl/N-ethyl adjacent to an activating group) is 1. The highest BCUT2D eigenvalue weighted by atomic mass is 16.1. The molecular weight excluding hydrogens is 116 g/mol. The van der Waals surface area contributed by atoms with Crippen molar-refractivity contribution in [3.05, 3.63) is 6.92 Å². The Balaban J connectivity index is 3.25. The molecule has 3 nitrogen and oxygen atoms in total. The average molecular weight is 129 g/mol. The van der Waals surface area contributed by atoms with E-state index in [1.807, 2.05) is 19.0 Å². The van der Waals surface area contributed by atoms with Gasteiger partial charge in [0, 0.05) is 12.6 Å². The summed E-state index contributed by atoms with van der Waals surface area (Å²) >= 11 is 0. The molecule has 0 aliphatic carbocycles. The molecule has 0 saturated heterocycles. The van der Waals surface area contributed by atoms with Gasteiger partial charge in [0.05, 0.1) is 0 Å². The van der Waals surface area contributed by atoms with E-state index in [9.17, 15) is 4.79 Å². The van der Waals surface area contributed by atoms with Crippen LogP contribution in [0.3, 0.4) is 0 Å². The van der Waals surface area contributed by atoms with Crippen LogP contribution < -0.4 is 5.32 Å². The Bertz CT molecular complexity index is 83.1. The maximum atomic E-state index is 9.83. The lowest BCUT2D eigenvalue weighted by Crippen LogP contribution is -2.34. The molecule has 0 spiro atoms. The summed E-state index contributed by atoms with van der Waals surface area (Å²) in [6, 6.07) is -0.00231. The van der Waals surface area contributed by atoms with E-state index in [4.69, 9.17) is 0 Å². The summed E-state index contributed by atoms with van der Waals surface area (Å²) in [6.07, 6.45) is 0.668. The van der Waals surface area contributed by atoms with Crippen molar-refractivity contribution in [2.75, 3.05) is 20.6 Å². The molecule has 0 aromatic carbocycles. The van der Waals surface area contributed by atoms with Gasteiger partial charge in [-0.3, -0.25) is 4.79 Å². The third kappa shape index (κ3) is 5.30. The second kappa shape index (κ2) is 4.32. The molecule has 9 heavy (non-hydrogen) atoms. The van der Waals surface area contributed by atoms with Gasteiger partial charge in [0.1, 0.15) is 0 Å². The van der Waals surface area contributed by atoms with Gasteiger partial charge in [-0.05, 0) is 21.0 Å². The van der Waals surface area contributed by atoms with E-state index in [1.165, 1.54) is 0 Å². The zero-order valence-electron chi connectivity index (χ0n) is 5.92. The lowest BCUT2D eigenvalue weighted by atomic mass is 10.3. The number of hydrogen-bond donors (Lipinski definition) is 1. The van der Waals surface area contributed by atoms with Crippen LogP contribution in [-0.2, 0) is 4.79 Å². The molecule has 0 saturated carbocycles. The molecule has 0 heterocycles. The summed E-state index contributed by atoms with van der Waals surface area (Å²) in [6.45, 7) is 4.46. The van der Waals surface area contributed by atoms with Gasteiger partial charge in [0.25, 0.3) is 0 Å². The highest BCUT2D eigenvalue weighted by Crippen LogP contribution is 1.80. The normalized spacial score (nSPS) is 13.3. The van der Waals surface area contributed by atoms with Crippen LogP contribution in [-0.4, -0.2) is 38.0 Å². The molecule has 0 fully saturated rings. The highest BCUT2D eigenvalue weighted by molar-refractivity contribution is 5.46. The molecule has 0 rings (SSSR count). The molecule has 0 bridgehead atoms. The molecule has 3 heteroatoms. The van der Waals surface area contributed by atoms with Gasteiger partial charge in [-0.15, -0.1) is 0 Å². The number of carbonyl (C=O) groups excluding carboxylic acids is 1. The Morgan fingerprint density at radius 3 is 2.67 bits per heavy atom. The Labute approximate surface area is 56.0 Å². The Morgan fingerprint density at radius 1 is 1.78 bits per heavy atom. The van der Waals surface area contributed by atoms with E-state index >= 15 is 0 Å². The standard InChI is InChI=1S/C6H13N2O/c1-6(7-5-9)4-8(2)3/h5-6H,1,4H2,2-3H3,(H,7,9). The van der Waals surface area contributed by atoms with Crippen molar-refractivity contribution in [1.29, 1.82) is 0 Å². The smallest absolute Gasteiger partial charge is 0.207 e. The maximum absolute atomic E-state index is 9.83. The number of carbonyl (C=O) groups is 1. The first-order valence-electron chi connectivity index (χ1n) is 2.84. The van der Waals surface area contributed by atoms with Crippen LogP contribution in [0.15, 0.2) is 0 Å². The lowest BCUT2D eigenvalue weighted by molar-refractivity contribution is -0.109. The number of nitrogens with zero attached hydrogens (tertiary/aromatic N) is 1. The van der Waals surface area contributed by atoms with Crippen molar-refractivity contribution in [2.45, 2.75) is 6.04 Å². The molecule has 1 radical (unpaired) electrons. The molecule has 1 amide bonds. The van der Waals surface area contributed by atoms with Crippen LogP contribution in [0.1, 0.15) is 0 Å². The van der Waals surface area contributed by atoms with E-state index in [0.29, 0.717) is 6.41 Å². The van der Waals surface area contributed by atoms with Gasteiger partial charge in [-0.25, -0.2) is 0 Å². The van der Waals surface area contributed by atoms with Gasteiger partial charge in [0.2, 0.25) is 6.41 Å². The number of nitrogens with one attached hydrogen (secondary N) is 1. The second-order valence-electron chi connectivity index (χ2n) is 2.24. The maximum Gasteiger partial charge on any atom is 0.207 e. The van der Waals surface area contributed by atoms with Crippen molar-refractivity contribution in [3.8, 4) is 0 Å². The third-order valence-corrected chi connectivity index (χ3v) is 0.889. The summed E-state index contributed by atoms with van der Waals surface area (Å²) in [4.78, 5) is 11.8. The molecule has 53 valence electrons. The summed E-state index contributed by atoms with van der Waals surface area (Å²) in [5, 5.41) is 2.54. The van der Waals surface area contributed by atoms with Crippen LogP contribution in [0.4, 0.5) is 0 Å². The fourth-order valence-electron chi connectivity index (χ4n) is 0.590. The molecular formula is C6H13N2O. The molecule has 0 aliphatic heterocycles. The monoisotopic (exact) mass is 129 g/mol. The molecule has 0 aromatic heterocycles. The first-order valence-corrected chi connectivity index (χ1v) is 2.84. The fourth-order valence-corrected chi connectivity index (χ4v) is 0.590. The van der Waals surface area contributed by atoms with Gasteiger partial charge in [-0.2, -0.15) is 0 Å². The molecule has 0 aliphatic rings. The first-order chi connectivity index (χ1) is 4.16. The summed E-state index contributed by atoms with van der Waals surface area (Å²) in [5.41, 5.74) is 0. The average Bonchev–Trinajstić information content (AvgIpc) is 1.63. The summed E-state index contributed by atoms with van der Waals surface area (Å²) < 4.78 is 0. The molecule has 1 N–H and O–H groups in total. The van der Waals surface area contributed by atoms with Crippen molar-refractivity contribution in [2.24, 2.45) is 0 Å². The lowest BCUT2D eigenvalue weighted by Gasteiger charge is -2.14. The van der Waals surface area contributed by atoms with Crippen molar-refractivity contribution < 1.29 is 4.79 Å². The van der Waals surface area contributed by atoms with Crippen LogP contribution in [0.5, 0.6) is 0 Å².